The van der Waals surface area contributed by atoms with Crippen LogP contribution in [0.4, 0.5) is 5.82 Å². The van der Waals surface area contributed by atoms with Crippen molar-refractivity contribution in [1.29, 1.82) is 0 Å². The molecule has 0 aliphatic heterocycles. The smallest absolute Gasteiger partial charge is 0.312 e. The zero-order valence-corrected chi connectivity index (χ0v) is 21.6. The van der Waals surface area contributed by atoms with Gasteiger partial charge in [0.15, 0.2) is 20.8 Å². The van der Waals surface area contributed by atoms with E-state index in [1.807, 2.05) is 37.5 Å². The molecule has 2 aromatic heterocycles. The molecule has 6 rings (SSSR count). The number of rotatable bonds is 6. The molecule has 172 valence electrons. The highest BCUT2D eigenvalue weighted by atomic mass is 127. The summed E-state index contributed by atoms with van der Waals surface area (Å²) in [6.45, 7) is 7.46. The van der Waals surface area contributed by atoms with Crippen LogP contribution >= 0.6 is 34.2 Å². The van der Waals surface area contributed by atoms with Crippen LogP contribution in [0.3, 0.4) is 0 Å². The number of anilines is 1. The molecule has 5 atom stereocenters. The van der Waals surface area contributed by atoms with Crippen LogP contribution in [0, 0.1) is 32.4 Å². The highest BCUT2D eigenvalue weighted by Gasteiger charge is 2.88. The molecule has 0 amide bonds. The summed E-state index contributed by atoms with van der Waals surface area (Å²) in [5.41, 5.74) is 2.41. The summed E-state index contributed by atoms with van der Waals surface area (Å²) in [5, 5.41) is 4.12. The number of fused-ring (bicyclic) bond motifs is 4. The molecule has 0 saturated heterocycles. The summed E-state index contributed by atoms with van der Waals surface area (Å²) in [4.78, 5) is 27.1. The van der Waals surface area contributed by atoms with Gasteiger partial charge in [-0.25, -0.2) is 15.0 Å². The Balaban J connectivity index is 1.35. The Kier molecular flexibility index (Phi) is 4.76. The quantitative estimate of drug-likeness (QED) is 0.250. The van der Waals surface area contributed by atoms with E-state index in [2.05, 4.69) is 51.3 Å². The molecule has 0 spiro atoms. The lowest BCUT2D eigenvalue weighted by Gasteiger charge is -2.22. The van der Waals surface area contributed by atoms with E-state index in [0.29, 0.717) is 39.7 Å². The van der Waals surface area contributed by atoms with Crippen molar-refractivity contribution in [3.8, 4) is 0 Å². The Morgan fingerprint density at radius 2 is 2.18 bits per heavy atom. The lowest BCUT2D eigenvalue weighted by atomic mass is 9.90. The molecule has 1 aromatic carbocycles. The SMILES string of the molecule is CCOC(=O)[C@]12C[C@@H]1[C@H](n1cnc3c(NCc4cccc(Cl)c4)nc(I)nc31)[C@H]1[C@@H]2C1(C)C. The molecule has 3 aromatic rings. The first kappa shape index (κ1) is 21.6. The topological polar surface area (TPSA) is 81.9 Å². The van der Waals surface area contributed by atoms with Crippen molar-refractivity contribution in [2.45, 2.75) is 39.8 Å². The zero-order valence-electron chi connectivity index (χ0n) is 18.7. The van der Waals surface area contributed by atoms with Crippen molar-refractivity contribution in [2.75, 3.05) is 11.9 Å². The monoisotopic (exact) mass is 577 g/mol. The lowest BCUT2D eigenvalue weighted by Crippen LogP contribution is -2.26. The first-order valence-electron chi connectivity index (χ1n) is 11.3. The Morgan fingerprint density at radius 3 is 2.94 bits per heavy atom. The molecule has 7 nitrogen and oxygen atoms in total. The summed E-state index contributed by atoms with van der Waals surface area (Å²) in [7, 11) is 0. The lowest BCUT2D eigenvalue weighted by molar-refractivity contribution is -0.151. The summed E-state index contributed by atoms with van der Waals surface area (Å²) >= 11 is 8.29. The molecule has 33 heavy (non-hydrogen) atoms. The van der Waals surface area contributed by atoms with E-state index in [1.54, 1.807) is 0 Å². The number of ether oxygens (including phenoxy) is 1. The Morgan fingerprint density at radius 1 is 1.36 bits per heavy atom. The van der Waals surface area contributed by atoms with Gasteiger partial charge in [0.05, 0.1) is 18.3 Å². The van der Waals surface area contributed by atoms with Crippen LogP contribution in [0.2, 0.25) is 5.02 Å². The standard InChI is InChI=1S/C24H25ClIN5O2/c1-4-33-21(32)24-9-14(24)17(15-18(24)23(15,2)3)31-11-28-16-19(29-22(26)30-20(16)31)27-10-12-6-5-7-13(25)8-12/h5-8,11,14-15,17-18H,4,9-10H2,1-3H3,(H,27,29,30)/t14-,15+,17+,18-,24-/m1/s1. The highest BCUT2D eigenvalue weighted by Crippen LogP contribution is 2.88. The Hall–Kier alpha value is -1.94. The van der Waals surface area contributed by atoms with Crippen LogP contribution in [0.1, 0.15) is 38.8 Å². The minimum Gasteiger partial charge on any atom is -0.466 e. The van der Waals surface area contributed by atoms with Gasteiger partial charge in [0.1, 0.15) is 0 Å². The van der Waals surface area contributed by atoms with Gasteiger partial charge in [0.25, 0.3) is 0 Å². The van der Waals surface area contributed by atoms with Crippen molar-refractivity contribution in [3.63, 3.8) is 0 Å². The first-order valence-corrected chi connectivity index (χ1v) is 12.8. The highest BCUT2D eigenvalue weighted by molar-refractivity contribution is 14.1. The van der Waals surface area contributed by atoms with Crippen LogP contribution in [-0.4, -0.2) is 32.1 Å². The van der Waals surface area contributed by atoms with Gasteiger partial charge in [-0.2, -0.15) is 0 Å². The first-order chi connectivity index (χ1) is 15.8. The molecule has 0 unspecified atom stereocenters. The van der Waals surface area contributed by atoms with E-state index >= 15 is 0 Å². The second-order valence-electron chi connectivity index (χ2n) is 10.0. The molecular weight excluding hydrogens is 553 g/mol. The van der Waals surface area contributed by atoms with E-state index in [-0.39, 0.29) is 28.8 Å². The van der Waals surface area contributed by atoms with Gasteiger partial charge in [0.2, 0.25) is 0 Å². The number of hydrogen-bond acceptors (Lipinski definition) is 6. The second-order valence-corrected chi connectivity index (χ2v) is 11.4. The van der Waals surface area contributed by atoms with Crippen LogP contribution in [0.15, 0.2) is 30.6 Å². The van der Waals surface area contributed by atoms with Gasteiger partial charge in [-0.3, -0.25) is 4.79 Å². The number of hydrogen-bond donors (Lipinski definition) is 1. The molecule has 0 radical (unpaired) electrons. The number of aromatic nitrogens is 4. The van der Waals surface area contributed by atoms with Gasteiger partial charge in [0, 0.05) is 40.2 Å². The number of carbonyl (C=O) groups is 1. The van der Waals surface area contributed by atoms with Crippen molar-refractivity contribution in [3.05, 3.63) is 45.0 Å². The predicted octanol–water partition coefficient (Wildman–Crippen LogP) is 5.09. The van der Waals surface area contributed by atoms with Gasteiger partial charge >= 0.3 is 5.97 Å². The number of imidazole rings is 1. The average molecular weight is 578 g/mol. The van der Waals surface area contributed by atoms with Crippen LogP contribution in [0.25, 0.3) is 11.2 Å². The largest absolute Gasteiger partial charge is 0.466 e. The maximum Gasteiger partial charge on any atom is 0.312 e. The zero-order chi connectivity index (χ0) is 23.1. The van der Waals surface area contributed by atoms with Gasteiger partial charge < -0.3 is 14.6 Å². The number of halogens is 2. The number of benzene rings is 1. The fourth-order valence-electron chi connectivity index (χ4n) is 6.70. The van der Waals surface area contributed by atoms with Crippen LogP contribution in [0.5, 0.6) is 0 Å². The molecule has 3 aliphatic carbocycles. The average Bonchev–Trinajstić information content (AvgIpc) is 3.50. The minimum atomic E-state index is -0.334. The van der Waals surface area contributed by atoms with Crippen molar-refractivity contribution in [2.24, 2.45) is 28.6 Å². The molecule has 9 heteroatoms. The fraction of sp³-hybridized carbons (Fsp3) is 0.500. The maximum absolute atomic E-state index is 13.0. The van der Waals surface area contributed by atoms with E-state index in [1.165, 1.54) is 0 Å². The fourth-order valence-corrected chi connectivity index (χ4v) is 7.38. The van der Waals surface area contributed by atoms with E-state index in [0.717, 1.165) is 23.1 Å². The number of esters is 1. The Bertz CT molecular complexity index is 1290. The number of nitrogens with zero attached hydrogens (tertiary/aromatic N) is 4. The molecule has 3 fully saturated rings. The molecule has 2 heterocycles. The number of nitrogens with one attached hydrogen (secondary N) is 1. The van der Waals surface area contributed by atoms with E-state index in [4.69, 9.17) is 26.3 Å². The van der Waals surface area contributed by atoms with Crippen molar-refractivity contribution >= 4 is 57.1 Å². The van der Waals surface area contributed by atoms with Gasteiger partial charge in [-0.1, -0.05) is 37.6 Å². The van der Waals surface area contributed by atoms with E-state index in [9.17, 15) is 4.79 Å². The summed E-state index contributed by atoms with van der Waals surface area (Å²) in [6.07, 6.45) is 2.78. The summed E-state index contributed by atoms with van der Waals surface area (Å²) in [5.74, 6) is 1.76. The Labute approximate surface area is 210 Å². The van der Waals surface area contributed by atoms with Gasteiger partial charge in [-0.15, -0.1) is 0 Å². The molecule has 3 aliphatic rings. The maximum atomic E-state index is 13.0. The molecular formula is C24H25ClIN5O2. The summed E-state index contributed by atoms with van der Waals surface area (Å²) < 4.78 is 8.39. The van der Waals surface area contributed by atoms with Crippen LogP contribution in [-0.2, 0) is 16.1 Å². The third-order valence-corrected chi connectivity index (χ3v) is 8.74. The third kappa shape index (κ3) is 3.05. The van der Waals surface area contributed by atoms with Crippen molar-refractivity contribution in [1.82, 2.24) is 19.5 Å². The molecule has 0 bridgehead atoms. The normalized spacial score (nSPS) is 30.6. The predicted molar refractivity (Wildman–Crippen MR) is 134 cm³/mol. The van der Waals surface area contributed by atoms with Crippen molar-refractivity contribution < 1.29 is 9.53 Å². The number of carbonyl (C=O) groups excluding carboxylic acids is 1. The third-order valence-electron chi connectivity index (χ3n) is 8.02. The van der Waals surface area contributed by atoms with E-state index < -0.39 is 0 Å². The van der Waals surface area contributed by atoms with Gasteiger partial charge in [-0.05, 0) is 54.2 Å². The molecule has 3 saturated carbocycles. The second kappa shape index (κ2) is 7.28. The van der Waals surface area contributed by atoms with Crippen LogP contribution < -0.4 is 5.32 Å². The minimum absolute atomic E-state index is 0.0180. The molecule has 1 N–H and O–H groups in total. The summed E-state index contributed by atoms with van der Waals surface area (Å²) in [6, 6.07) is 7.96.